The Labute approximate surface area is 98.1 Å². The van der Waals surface area contributed by atoms with E-state index in [-0.39, 0.29) is 6.10 Å². The molecular weight excluding hydrogens is 198 g/mol. The zero-order chi connectivity index (χ0) is 12.0. The van der Waals surface area contributed by atoms with Crippen molar-refractivity contribution in [1.29, 1.82) is 0 Å². The van der Waals surface area contributed by atoms with Crippen LogP contribution in [0.5, 0.6) is 5.75 Å². The molecule has 0 aliphatic rings. The lowest BCUT2D eigenvalue weighted by Gasteiger charge is -2.10. The number of allylic oxidation sites excluding steroid dienone is 1. The highest BCUT2D eigenvalue weighted by Gasteiger charge is 1.99. The van der Waals surface area contributed by atoms with Gasteiger partial charge in [0.1, 0.15) is 5.75 Å². The molecule has 0 aromatic heterocycles. The lowest BCUT2D eigenvalue weighted by atomic mass is 10.1. The van der Waals surface area contributed by atoms with Crippen molar-refractivity contribution in [2.24, 2.45) is 5.73 Å². The predicted octanol–water partition coefficient (Wildman–Crippen LogP) is 3.23. The molecule has 0 fully saturated rings. The molecule has 0 unspecified atom stereocenters. The molecule has 0 radical (unpaired) electrons. The van der Waals surface area contributed by atoms with Crippen molar-refractivity contribution in [3.8, 4) is 5.75 Å². The molecule has 0 saturated carbocycles. The number of hydrogen-bond acceptors (Lipinski definition) is 2. The van der Waals surface area contributed by atoms with E-state index < -0.39 is 0 Å². The Morgan fingerprint density at radius 1 is 1.31 bits per heavy atom. The molecule has 1 aromatic carbocycles. The van der Waals surface area contributed by atoms with Gasteiger partial charge in [0.15, 0.2) is 0 Å². The Morgan fingerprint density at radius 2 is 1.94 bits per heavy atom. The summed E-state index contributed by atoms with van der Waals surface area (Å²) in [5.41, 5.74) is 7.96. The molecule has 1 aromatic rings. The fourth-order valence-electron chi connectivity index (χ4n) is 1.49. The third-order valence-corrected chi connectivity index (χ3v) is 2.30. The van der Waals surface area contributed by atoms with Gasteiger partial charge in [-0.25, -0.2) is 0 Å². The molecule has 0 aliphatic carbocycles. The van der Waals surface area contributed by atoms with Crippen molar-refractivity contribution >= 4 is 5.57 Å². The van der Waals surface area contributed by atoms with Crippen molar-refractivity contribution in [2.45, 2.75) is 33.3 Å². The van der Waals surface area contributed by atoms with Crippen LogP contribution in [-0.4, -0.2) is 12.6 Å². The minimum Gasteiger partial charge on any atom is -0.491 e. The van der Waals surface area contributed by atoms with Gasteiger partial charge in [-0.1, -0.05) is 18.2 Å². The molecule has 0 saturated heterocycles. The molecule has 0 bridgehead atoms. The first-order valence-electron chi connectivity index (χ1n) is 5.77. The average molecular weight is 219 g/mol. The minimum atomic E-state index is 0.222. The Morgan fingerprint density at radius 3 is 2.44 bits per heavy atom. The fourth-order valence-corrected chi connectivity index (χ4v) is 1.49. The van der Waals surface area contributed by atoms with Crippen LogP contribution < -0.4 is 10.5 Å². The van der Waals surface area contributed by atoms with Crippen LogP contribution in [0.15, 0.2) is 30.3 Å². The number of benzene rings is 1. The van der Waals surface area contributed by atoms with E-state index in [0.29, 0.717) is 6.54 Å². The molecular formula is C14H21NO. The summed E-state index contributed by atoms with van der Waals surface area (Å²) in [5, 5.41) is 0. The zero-order valence-corrected chi connectivity index (χ0v) is 10.4. The molecule has 16 heavy (non-hydrogen) atoms. The molecule has 2 N–H and O–H groups in total. The predicted molar refractivity (Wildman–Crippen MR) is 69.5 cm³/mol. The second-order valence-corrected chi connectivity index (χ2v) is 4.16. The normalized spacial score (nSPS) is 11.9. The molecule has 1 rings (SSSR count). The van der Waals surface area contributed by atoms with E-state index in [4.69, 9.17) is 10.5 Å². The smallest absolute Gasteiger partial charge is 0.119 e. The summed E-state index contributed by atoms with van der Waals surface area (Å²) in [6, 6.07) is 8.18. The Hall–Kier alpha value is -1.28. The van der Waals surface area contributed by atoms with Gasteiger partial charge in [0, 0.05) is 0 Å². The van der Waals surface area contributed by atoms with E-state index in [9.17, 15) is 0 Å². The topological polar surface area (TPSA) is 35.2 Å². The molecule has 0 heterocycles. The van der Waals surface area contributed by atoms with Crippen LogP contribution in [0, 0.1) is 0 Å². The number of nitrogens with two attached hydrogens (primary N) is 1. The molecule has 0 spiro atoms. The van der Waals surface area contributed by atoms with Gasteiger partial charge >= 0.3 is 0 Å². The third kappa shape index (κ3) is 4.07. The van der Waals surface area contributed by atoms with Crippen molar-refractivity contribution in [2.75, 3.05) is 6.54 Å². The van der Waals surface area contributed by atoms with Crippen LogP contribution in [0.1, 0.15) is 32.8 Å². The maximum Gasteiger partial charge on any atom is 0.119 e. The van der Waals surface area contributed by atoms with Crippen LogP contribution in [0.4, 0.5) is 0 Å². The highest BCUT2D eigenvalue weighted by atomic mass is 16.5. The van der Waals surface area contributed by atoms with Gasteiger partial charge in [0.2, 0.25) is 0 Å². The molecule has 0 aliphatic heterocycles. The minimum absolute atomic E-state index is 0.222. The molecule has 2 heteroatoms. The van der Waals surface area contributed by atoms with Crippen LogP contribution >= 0.6 is 0 Å². The van der Waals surface area contributed by atoms with Crippen LogP contribution in [0.25, 0.3) is 5.57 Å². The van der Waals surface area contributed by atoms with Crippen molar-refractivity contribution in [3.63, 3.8) is 0 Å². The quantitative estimate of drug-likeness (QED) is 0.825. The second kappa shape index (κ2) is 6.33. The maximum absolute atomic E-state index is 5.59. The highest BCUT2D eigenvalue weighted by molar-refractivity contribution is 5.64. The Kier molecular flexibility index (Phi) is 5.06. The first-order valence-corrected chi connectivity index (χ1v) is 5.77. The maximum atomic E-state index is 5.59. The van der Waals surface area contributed by atoms with Gasteiger partial charge in [0.05, 0.1) is 6.10 Å². The molecule has 0 amide bonds. The van der Waals surface area contributed by atoms with Gasteiger partial charge in [-0.15, -0.1) is 0 Å². The first kappa shape index (κ1) is 12.8. The first-order chi connectivity index (χ1) is 7.63. The SMILES string of the molecule is CC(=CCCN)c1ccc(OC(C)C)cc1. The third-order valence-electron chi connectivity index (χ3n) is 2.30. The molecule has 0 atom stereocenters. The summed E-state index contributed by atoms with van der Waals surface area (Å²) in [7, 11) is 0. The molecule has 2 nitrogen and oxygen atoms in total. The van der Waals surface area contributed by atoms with Crippen molar-refractivity contribution in [3.05, 3.63) is 35.9 Å². The number of hydrogen-bond donors (Lipinski definition) is 1. The van der Waals surface area contributed by atoms with Gasteiger partial charge in [0.25, 0.3) is 0 Å². The van der Waals surface area contributed by atoms with Crippen LogP contribution in [0.2, 0.25) is 0 Å². The van der Waals surface area contributed by atoms with Gasteiger partial charge in [-0.3, -0.25) is 0 Å². The summed E-state index contributed by atoms with van der Waals surface area (Å²) >= 11 is 0. The highest BCUT2D eigenvalue weighted by Crippen LogP contribution is 2.19. The van der Waals surface area contributed by atoms with E-state index in [2.05, 4.69) is 25.1 Å². The van der Waals surface area contributed by atoms with Crippen molar-refractivity contribution in [1.82, 2.24) is 0 Å². The monoisotopic (exact) mass is 219 g/mol. The van der Waals surface area contributed by atoms with E-state index in [1.165, 1.54) is 11.1 Å². The summed E-state index contributed by atoms with van der Waals surface area (Å²) in [5.74, 6) is 0.922. The van der Waals surface area contributed by atoms with E-state index in [1.54, 1.807) is 0 Å². The standard InChI is InChI=1S/C14H21NO/c1-11(2)16-14-8-6-13(7-9-14)12(3)5-4-10-15/h5-9,11H,4,10,15H2,1-3H3. The van der Waals surface area contributed by atoms with E-state index >= 15 is 0 Å². The van der Waals surface area contributed by atoms with E-state index in [1.807, 2.05) is 26.0 Å². The van der Waals surface area contributed by atoms with Gasteiger partial charge < -0.3 is 10.5 Å². The Bertz CT molecular complexity index is 338. The number of rotatable bonds is 5. The van der Waals surface area contributed by atoms with E-state index in [0.717, 1.165) is 12.2 Å². The molecule has 88 valence electrons. The fraction of sp³-hybridized carbons (Fsp3) is 0.429. The largest absolute Gasteiger partial charge is 0.491 e. The zero-order valence-electron chi connectivity index (χ0n) is 10.4. The summed E-state index contributed by atoms with van der Waals surface area (Å²) in [4.78, 5) is 0. The summed E-state index contributed by atoms with van der Waals surface area (Å²) in [6.45, 7) is 6.86. The van der Waals surface area contributed by atoms with Crippen molar-refractivity contribution < 1.29 is 4.74 Å². The van der Waals surface area contributed by atoms with Gasteiger partial charge in [-0.2, -0.15) is 0 Å². The number of ether oxygens (including phenoxy) is 1. The second-order valence-electron chi connectivity index (χ2n) is 4.16. The van der Waals surface area contributed by atoms with Crippen LogP contribution in [0.3, 0.4) is 0 Å². The lowest BCUT2D eigenvalue weighted by molar-refractivity contribution is 0.242. The van der Waals surface area contributed by atoms with Gasteiger partial charge in [-0.05, 0) is 57.0 Å². The average Bonchev–Trinajstić information content (AvgIpc) is 2.26. The van der Waals surface area contributed by atoms with Crippen LogP contribution in [-0.2, 0) is 0 Å². The summed E-state index contributed by atoms with van der Waals surface area (Å²) in [6.07, 6.45) is 3.31. The lowest BCUT2D eigenvalue weighted by Crippen LogP contribution is -2.05. The Balaban J connectivity index is 2.70. The summed E-state index contributed by atoms with van der Waals surface area (Å²) < 4.78 is 5.59.